The number of nitrogen functional groups attached to an aromatic ring is 1. The standard InChI is InChI=1S/C23H19ClF3N5O9/c1-2-21(38)12(40-17(14(21)33)32-9-29-13-15(28)30-20(24)31-16(13)32)8-39-22(18(34)35,19(36)37)7-10-4-3-5-11(6-10)41-23(25,26)27/h1,3-6,9,12,14,17,33,38H,7-8H2,(H,34,35)(H,36,37)(H2,28,30,31)/t12-,14+,17-,21-/m1/s1. The summed E-state index contributed by atoms with van der Waals surface area (Å²) < 4.78 is 53.7. The third-order valence-electron chi connectivity index (χ3n) is 6.20. The number of ether oxygens (including phenoxy) is 3. The lowest BCUT2D eigenvalue weighted by molar-refractivity contribution is -0.274. The van der Waals surface area contributed by atoms with Crippen LogP contribution in [-0.4, -0.2) is 88.3 Å². The Morgan fingerprint density at radius 2 is 1.95 bits per heavy atom. The maximum absolute atomic E-state index is 12.6. The van der Waals surface area contributed by atoms with E-state index in [1.165, 1.54) is 0 Å². The molecule has 0 unspecified atom stereocenters. The maximum atomic E-state index is 12.6. The van der Waals surface area contributed by atoms with Gasteiger partial charge in [-0.15, -0.1) is 19.6 Å². The summed E-state index contributed by atoms with van der Waals surface area (Å²) in [4.78, 5) is 36.1. The van der Waals surface area contributed by atoms with E-state index in [4.69, 9.17) is 33.2 Å². The van der Waals surface area contributed by atoms with Crippen LogP contribution in [0.4, 0.5) is 19.0 Å². The summed E-state index contributed by atoms with van der Waals surface area (Å²) in [5, 5.41) is 41.3. The Hall–Kier alpha value is -4.21. The molecule has 1 saturated heterocycles. The van der Waals surface area contributed by atoms with Crippen LogP contribution in [0.25, 0.3) is 11.2 Å². The molecule has 6 N–H and O–H groups in total. The number of aliphatic hydroxyl groups excluding tert-OH is 1. The molecule has 2 aromatic heterocycles. The first-order valence-electron chi connectivity index (χ1n) is 11.3. The summed E-state index contributed by atoms with van der Waals surface area (Å²) in [6.45, 7) is -1.02. The minimum atomic E-state index is -5.06. The van der Waals surface area contributed by atoms with E-state index < -0.39 is 66.7 Å². The van der Waals surface area contributed by atoms with E-state index in [9.17, 15) is 43.2 Å². The first-order chi connectivity index (χ1) is 19.1. The van der Waals surface area contributed by atoms with Crippen molar-refractivity contribution in [1.82, 2.24) is 19.5 Å². The molecule has 41 heavy (non-hydrogen) atoms. The molecule has 14 nitrogen and oxygen atoms in total. The zero-order valence-electron chi connectivity index (χ0n) is 20.3. The van der Waals surface area contributed by atoms with Crippen LogP contribution in [0, 0.1) is 12.3 Å². The van der Waals surface area contributed by atoms with Gasteiger partial charge in [0.25, 0.3) is 5.60 Å². The molecule has 0 spiro atoms. The van der Waals surface area contributed by atoms with Gasteiger partial charge < -0.3 is 40.4 Å². The number of carboxylic acid groups (broad SMARTS) is 2. The van der Waals surface area contributed by atoms with Crippen molar-refractivity contribution in [2.75, 3.05) is 12.3 Å². The monoisotopic (exact) mass is 601 g/mol. The third kappa shape index (κ3) is 5.55. The third-order valence-corrected chi connectivity index (χ3v) is 6.37. The van der Waals surface area contributed by atoms with Crippen LogP contribution < -0.4 is 10.5 Å². The summed E-state index contributed by atoms with van der Waals surface area (Å²) in [5.41, 5.74) is -0.0764. The largest absolute Gasteiger partial charge is 0.573 e. The normalized spacial score (nSPS) is 22.9. The summed E-state index contributed by atoms with van der Waals surface area (Å²) in [6.07, 6.45) is -4.67. The minimum absolute atomic E-state index is 0.0288. The van der Waals surface area contributed by atoms with Gasteiger partial charge in [0.05, 0.1) is 12.9 Å². The van der Waals surface area contributed by atoms with E-state index in [1.54, 1.807) is 0 Å². The number of fused-ring (bicyclic) bond motifs is 1. The Kier molecular flexibility index (Phi) is 7.73. The van der Waals surface area contributed by atoms with Gasteiger partial charge in [0.2, 0.25) is 5.28 Å². The van der Waals surface area contributed by atoms with E-state index in [0.717, 1.165) is 35.2 Å². The SMILES string of the molecule is C#C[C@@]1(O)[C@@H](COC(Cc2cccc(OC(F)(F)F)c2)(C(=O)O)C(=O)O)O[C@@H](n2cnc3c(N)nc(Cl)nc32)[C@@H]1O. The van der Waals surface area contributed by atoms with E-state index in [-0.39, 0.29) is 27.8 Å². The topological polar surface area (TPSA) is 212 Å². The van der Waals surface area contributed by atoms with E-state index in [0.29, 0.717) is 0 Å². The molecule has 0 saturated carbocycles. The van der Waals surface area contributed by atoms with Crippen molar-refractivity contribution in [2.24, 2.45) is 0 Å². The molecule has 1 fully saturated rings. The van der Waals surface area contributed by atoms with Crippen molar-refractivity contribution in [1.29, 1.82) is 0 Å². The number of alkyl halides is 3. The van der Waals surface area contributed by atoms with Crippen LogP contribution in [0.3, 0.4) is 0 Å². The second-order valence-corrected chi connectivity index (χ2v) is 9.09. The predicted molar refractivity (Wildman–Crippen MR) is 129 cm³/mol. The lowest BCUT2D eigenvalue weighted by atomic mass is 9.92. The van der Waals surface area contributed by atoms with Crippen LogP contribution in [0.2, 0.25) is 5.28 Å². The molecule has 3 aromatic rings. The number of carbonyl (C=O) groups is 2. The van der Waals surface area contributed by atoms with Gasteiger partial charge in [0.15, 0.2) is 23.3 Å². The van der Waals surface area contributed by atoms with Gasteiger partial charge in [-0.3, -0.25) is 4.57 Å². The highest BCUT2D eigenvalue weighted by atomic mass is 35.5. The maximum Gasteiger partial charge on any atom is 0.573 e. The molecule has 4 rings (SSSR count). The average Bonchev–Trinajstić information content (AvgIpc) is 3.39. The average molecular weight is 602 g/mol. The number of halogens is 4. The van der Waals surface area contributed by atoms with Gasteiger partial charge in [-0.2, -0.15) is 9.97 Å². The lowest BCUT2D eigenvalue weighted by Crippen LogP contribution is -2.55. The Morgan fingerprint density at radius 3 is 2.56 bits per heavy atom. The number of nitrogens with zero attached hydrogens (tertiary/aromatic N) is 4. The lowest BCUT2D eigenvalue weighted by Gasteiger charge is -2.30. The van der Waals surface area contributed by atoms with Gasteiger partial charge in [-0.25, -0.2) is 14.6 Å². The molecular weight excluding hydrogens is 583 g/mol. The number of imidazole rings is 1. The molecule has 0 bridgehead atoms. The van der Waals surface area contributed by atoms with Crippen molar-refractivity contribution in [3.63, 3.8) is 0 Å². The minimum Gasteiger partial charge on any atom is -0.479 e. The molecule has 218 valence electrons. The Balaban J connectivity index is 1.63. The fourth-order valence-corrected chi connectivity index (χ4v) is 4.36. The summed E-state index contributed by atoms with van der Waals surface area (Å²) in [7, 11) is 0. The van der Waals surface area contributed by atoms with Gasteiger partial charge in [-0.05, 0) is 29.3 Å². The molecule has 1 aromatic carbocycles. The highest BCUT2D eigenvalue weighted by Gasteiger charge is 2.58. The number of rotatable bonds is 9. The van der Waals surface area contributed by atoms with E-state index in [1.807, 2.05) is 5.92 Å². The zero-order valence-corrected chi connectivity index (χ0v) is 21.1. The first kappa shape index (κ1) is 29.8. The number of hydrogen-bond donors (Lipinski definition) is 5. The molecule has 4 atom stereocenters. The molecule has 3 heterocycles. The highest BCUT2D eigenvalue weighted by Crippen LogP contribution is 2.39. The van der Waals surface area contributed by atoms with Crippen molar-refractivity contribution in [3.8, 4) is 18.1 Å². The second kappa shape index (κ2) is 10.6. The molecule has 18 heteroatoms. The van der Waals surface area contributed by atoms with Gasteiger partial charge >= 0.3 is 18.3 Å². The van der Waals surface area contributed by atoms with Gasteiger partial charge in [0, 0.05) is 6.42 Å². The van der Waals surface area contributed by atoms with Crippen LogP contribution in [0.5, 0.6) is 5.75 Å². The smallest absolute Gasteiger partial charge is 0.479 e. The van der Waals surface area contributed by atoms with Crippen molar-refractivity contribution >= 4 is 40.5 Å². The Bertz CT molecular complexity index is 1530. The number of hydrogen-bond acceptors (Lipinski definition) is 11. The number of aliphatic carboxylic acids is 2. The number of nitrogens with two attached hydrogens (primary N) is 1. The fourth-order valence-electron chi connectivity index (χ4n) is 4.19. The number of benzene rings is 1. The van der Waals surface area contributed by atoms with Crippen LogP contribution in [0.1, 0.15) is 11.8 Å². The summed E-state index contributed by atoms with van der Waals surface area (Å²) in [6, 6.07) is 3.94. The first-order valence-corrected chi connectivity index (χ1v) is 11.6. The van der Waals surface area contributed by atoms with E-state index >= 15 is 0 Å². The second-order valence-electron chi connectivity index (χ2n) is 8.75. The van der Waals surface area contributed by atoms with Crippen molar-refractivity contribution < 1.29 is 57.4 Å². The molecule has 1 aliphatic rings. The molecule has 0 aliphatic carbocycles. The zero-order chi connectivity index (χ0) is 30.3. The molecule has 0 amide bonds. The van der Waals surface area contributed by atoms with Crippen molar-refractivity contribution in [2.45, 2.75) is 42.4 Å². The summed E-state index contributed by atoms with van der Waals surface area (Å²) in [5.74, 6) is -2.97. The number of aliphatic hydroxyl groups is 2. The van der Waals surface area contributed by atoms with Crippen molar-refractivity contribution in [3.05, 3.63) is 41.4 Å². The Morgan fingerprint density at radius 1 is 1.27 bits per heavy atom. The van der Waals surface area contributed by atoms with Gasteiger partial charge in [0.1, 0.15) is 23.5 Å². The number of anilines is 1. The Labute approximate surface area is 232 Å². The summed E-state index contributed by atoms with van der Waals surface area (Å²) >= 11 is 5.85. The number of aromatic nitrogens is 4. The molecular formula is C23H19ClF3N5O9. The number of terminal acetylenes is 1. The van der Waals surface area contributed by atoms with E-state index in [2.05, 4.69) is 19.7 Å². The fraction of sp³-hybridized carbons (Fsp3) is 0.348. The van der Waals surface area contributed by atoms with Crippen LogP contribution in [-0.2, 0) is 25.5 Å². The predicted octanol–water partition coefficient (Wildman–Crippen LogP) is 0.750. The molecule has 0 radical (unpaired) electrons. The number of carboxylic acids is 2. The quantitative estimate of drug-likeness (QED) is 0.130. The molecule has 1 aliphatic heterocycles. The van der Waals surface area contributed by atoms with Gasteiger partial charge in [-0.1, -0.05) is 18.1 Å². The van der Waals surface area contributed by atoms with Crippen LogP contribution >= 0.6 is 11.6 Å². The van der Waals surface area contributed by atoms with Crippen LogP contribution in [0.15, 0.2) is 30.6 Å². The highest BCUT2D eigenvalue weighted by molar-refractivity contribution is 6.28.